The van der Waals surface area contributed by atoms with Crippen molar-refractivity contribution in [2.45, 2.75) is 6.92 Å². The van der Waals surface area contributed by atoms with Gasteiger partial charge >= 0.3 is 0 Å². The number of anilines is 1. The first-order valence-electron chi connectivity index (χ1n) is 4.49. The van der Waals surface area contributed by atoms with Gasteiger partial charge in [-0.25, -0.2) is 5.01 Å². The van der Waals surface area contributed by atoms with Crippen molar-refractivity contribution >= 4 is 33.4 Å². The van der Waals surface area contributed by atoms with Crippen LogP contribution in [0.5, 0.6) is 0 Å². The molecule has 1 fully saturated rings. The molecule has 1 N–H and O–H groups in total. The maximum atomic E-state index is 11.6. The molecule has 1 unspecified atom stereocenters. The van der Waals surface area contributed by atoms with Crippen LogP contribution in [0.3, 0.4) is 0 Å². The Hall–Kier alpha value is -1.36. The van der Waals surface area contributed by atoms with Crippen molar-refractivity contribution in [3.8, 4) is 0 Å². The minimum absolute atomic E-state index is 0.220. The smallest absolute Gasteiger partial charge is 0.258 e. The summed E-state index contributed by atoms with van der Waals surface area (Å²) in [5.41, 5.74) is 3.19. The van der Waals surface area contributed by atoms with Crippen molar-refractivity contribution in [1.29, 1.82) is 0 Å². The minimum Gasteiger partial charge on any atom is -0.272 e. The zero-order valence-corrected chi connectivity index (χ0v) is 9.61. The molecule has 0 aliphatic carbocycles. The van der Waals surface area contributed by atoms with Gasteiger partial charge in [-0.2, -0.15) is 0 Å². The molecule has 2 amide bonds. The monoisotopic (exact) mass is 268 g/mol. The molecule has 0 bridgehead atoms. The van der Waals surface area contributed by atoms with Gasteiger partial charge in [0.05, 0.1) is 5.69 Å². The van der Waals surface area contributed by atoms with Crippen LogP contribution < -0.4 is 10.4 Å². The van der Waals surface area contributed by atoms with Gasteiger partial charge in [0.25, 0.3) is 11.8 Å². The van der Waals surface area contributed by atoms with E-state index in [1.54, 1.807) is 19.1 Å². The van der Waals surface area contributed by atoms with Crippen LogP contribution in [0.1, 0.15) is 6.92 Å². The number of hydrogen-bond acceptors (Lipinski definition) is 2. The number of nitrogens with one attached hydrogen (secondary N) is 1. The van der Waals surface area contributed by atoms with E-state index in [4.69, 9.17) is 0 Å². The van der Waals surface area contributed by atoms with Gasteiger partial charge in [-0.05, 0) is 31.2 Å². The molecule has 78 valence electrons. The van der Waals surface area contributed by atoms with Gasteiger partial charge in [0.2, 0.25) is 0 Å². The van der Waals surface area contributed by atoms with E-state index in [0.717, 1.165) is 4.47 Å². The summed E-state index contributed by atoms with van der Waals surface area (Å²) in [6.45, 7) is 1.59. The summed E-state index contributed by atoms with van der Waals surface area (Å²) in [5.74, 6) is -1.08. The number of carbonyl (C=O) groups excluding carboxylic acids is 2. The van der Waals surface area contributed by atoms with Crippen LogP contribution in [0.15, 0.2) is 28.7 Å². The van der Waals surface area contributed by atoms with E-state index in [1.165, 1.54) is 5.01 Å². The van der Waals surface area contributed by atoms with Crippen molar-refractivity contribution in [3.05, 3.63) is 28.7 Å². The molecular weight excluding hydrogens is 260 g/mol. The fourth-order valence-corrected chi connectivity index (χ4v) is 1.61. The average molecular weight is 269 g/mol. The predicted molar refractivity (Wildman–Crippen MR) is 58.9 cm³/mol. The maximum absolute atomic E-state index is 11.6. The Balaban J connectivity index is 2.29. The van der Waals surface area contributed by atoms with Crippen molar-refractivity contribution in [1.82, 2.24) is 5.43 Å². The van der Waals surface area contributed by atoms with Crippen molar-refractivity contribution < 1.29 is 9.59 Å². The van der Waals surface area contributed by atoms with E-state index < -0.39 is 5.92 Å². The van der Waals surface area contributed by atoms with E-state index in [1.807, 2.05) is 12.1 Å². The molecule has 1 atom stereocenters. The van der Waals surface area contributed by atoms with Gasteiger partial charge < -0.3 is 0 Å². The van der Waals surface area contributed by atoms with Crippen LogP contribution in [0.25, 0.3) is 0 Å². The molecule has 0 spiro atoms. The maximum Gasteiger partial charge on any atom is 0.258 e. The molecule has 0 saturated carbocycles. The summed E-state index contributed by atoms with van der Waals surface area (Å²) >= 11 is 3.30. The first-order valence-corrected chi connectivity index (χ1v) is 5.29. The van der Waals surface area contributed by atoms with Crippen molar-refractivity contribution in [2.75, 3.05) is 5.01 Å². The van der Waals surface area contributed by atoms with Gasteiger partial charge in [0, 0.05) is 4.47 Å². The molecule has 0 radical (unpaired) electrons. The Bertz CT molecular complexity index is 416. The third-order valence-corrected chi connectivity index (χ3v) is 2.82. The largest absolute Gasteiger partial charge is 0.272 e. The zero-order chi connectivity index (χ0) is 11.0. The number of hydrogen-bond donors (Lipinski definition) is 1. The molecule has 0 aromatic heterocycles. The first-order chi connectivity index (χ1) is 7.09. The third kappa shape index (κ3) is 1.74. The SMILES string of the molecule is CC1C(=O)NN(c2ccc(Br)cc2)C1=O. The van der Waals surface area contributed by atoms with Gasteiger partial charge in [-0.15, -0.1) is 0 Å². The van der Waals surface area contributed by atoms with E-state index in [2.05, 4.69) is 21.4 Å². The topological polar surface area (TPSA) is 49.4 Å². The summed E-state index contributed by atoms with van der Waals surface area (Å²) < 4.78 is 0.928. The predicted octanol–water partition coefficient (Wildman–Crippen LogP) is 1.46. The van der Waals surface area contributed by atoms with E-state index in [0.29, 0.717) is 5.69 Å². The lowest BCUT2D eigenvalue weighted by atomic mass is 10.2. The number of amides is 2. The van der Waals surface area contributed by atoms with Crippen LogP contribution in [0.2, 0.25) is 0 Å². The van der Waals surface area contributed by atoms with E-state index >= 15 is 0 Å². The zero-order valence-electron chi connectivity index (χ0n) is 8.03. The number of carbonyl (C=O) groups is 2. The average Bonchev–Trinajstić information content (AvgIpc) is 2.47. The highest BCUT2D eigenvalue weighted by atomic mass is 79.9. The molecule has 15 heavy (non-hydrogen) atoms. The highest BCUT2D eigenvalue weighted by Crippen LogP contribution is 2.21. The fourth-order valence-electron chi connectivity index (χ4n) is 1.35. The molecule has 1 saturated heterocycles. The van der Waals surface area contributed by atoms with Crippen LogP contribution in [-0.2, 0) is 9.59 Å². The Morgan fingerprint density at radius 3 is 2.33 bits per heavy atom. The molecule has 4 nitrogen and oxygen atoms in total. The molecule has 2 rings (SSSR count). The Morgan fingerprint density at radius 2 is 1.87 bits per heavy atom. The summed E-state index contributed by atoms with van der Waals surface area (Å²) in [4.78, 5) is 22.9. The highest BCUT2D eigenvalue weighted by Gasteiger charge is 2.36. The Labute approximate surface area is 95.4 Å². The lowest BCUT2D eigenvalue weighted by Gasteiger charge is -2.14. The lowest BCUT2D eigenvalue weighted by Crippen LogP contribution is -2.35. The minimum atomic E-state index is -0.603. The summed E-state index contributed by atoms with van der Waals surface area (Å²) in [6.07, 6.45) is 0. The fraction of sp³-hybridized carbons (Fsp3) is 0.200. The number of nitrogens with zero attached hydrogens (tertiary/aromatic N) is 1. The normalized spacial score (nSPS) is 20.7. The second-order valence-electron chi connectivity index (χ2n) is 3.35. The summed E-state index contributed by atoms with van der Waals surface area (Å²) in [6, 6.07) is 7.16. The summed E-state index contributed by atoms with van der Waals surface area (Å²) in [5, 5.41) is 1.28. The highest BCUT2D eigenvalue weighted by molar-refractivity contribution is 9.10. The quantitative estimate of drug-likeness (QED) is 0.785. The van der Waals surface area contributed by atoms with Crippen LogP contribution in [0.4, 0.5) is 5.69 Å². The molecule has 5 heteroatoms. The van der Waals surface area contributed by atoms with Gasteiger partial charge in [-0.3, -0.25) is 15.0 Å². The molecule has 1 aromatic rings. The third-order valence-electron chi connectivity index (χ3n) is 2.29. The molecule has 1 aliphatic heterocycles. The molecule has 1 aromatic carbocycles. The number of rotatable bonds is 1. The molecule has 1 aliphatic rings. The van der Waals surface area contributed by atoms with Crippen molar-refractivity contribution in [2.24, 2.45) is 5.92 Å². The van der Waals surface area contributed by atoms with Crippen molar-refractivity contribution in [3.63, 3.8) is 0 Å². The second-order valence-corrected chi connectivity index (χ2v) is 4.26. The summed E-state index contributed by atoms with van der Waals surface area (Å²) in [7, 11) is 0. The Kier molecular flexibility index (Phi) is 2.48. The first kappa shape index (κ1) is 10.2. The van der Waals surface area contributed by atoms with Gasteiger partial charge in [0.15, 0.2) is 0 Å². The molecular formula is C10H9BrN2O2. The Morgan fingerprint density at radius 1 is 1.27 bits per heavy atom. The van der Waals surface area contributed by atoms with E-state index in [-0.39, 0.29) is 11.8 Å². The standard InChI is InChI=1S/C10H9BrN2O2/c1-6-9(14)12-13(10(6)15)8-4-2-7(11)3-5-8/h2-6H,1H3,(H,12,14). The van der Waals surface area contributed by atoms with Crippen LogP contribution in [-0.4, -0.2) is 11.8 Å². The second kappa shape index (κ2) is 3.66. The van der Waals surface area contributed by atoms with E-state index in [9.17, 15) is 9.59 Å². The van der Waals surface area contributed by atoms with Crippen LogP contribution in [0, 0.1) is 5.92 Å². The van der Waals surface area contributed by atoms with Crippen LogP contribution >= 0.6 is 15.9 Å². The molecule has 1 heterocycles. The number of benzene rings is 1. The number of hydrazine groups is 1. The lowest BCUT2D eigenvalue weighted by molar-refractivity contribution is -0.126. The van der Waals surface area contributed by atoms with Gasteiger partial charge in [0.1, 0.15) is 5.92 Å². The van der Waals surface area contributed by atoms with Gasteiger partial charge in [-0.1, -0.05) is 15.9 Å². The number of halogens is 1.